The molecule has 0 aromatic carbocycles. The zero-order valence-electron chi connectivity index (χ0n) is 17.8. The Balaban J connectivity index is 2.18. The van der Waals surface area contributed by atoms with Crippen LogP contribution >= 0.6 is 0 Å². The van der Waals surface area contributed by atoms with Crippen molar-refractivity contribution >= 4 is 22.6 Å². The lowest BCUT2D eigenvalue weighted by Gasteiger charge is -2.15. The van der Waals surface area contributed by atoms with Crippen molar-refractivity contribution in [2.24, 2.45) is 0 Å². The van der Waals surface area contributed by atoms with Crippen molar-refractivity contribution in [1.82, 2.24) is 19.3 Å². The largest absolute Gasteiger partial charge is 0.385 e. The van der Waals surface area contributed by atoms with Gasteiger partial charge in [-0.15, -0.1) is 0 Å². The van der Waals surface area contributed by atoms with Crippen LogP contribution in [0.1, 0.15) is 48.5 Å². The molecule has 0 aliphatic rings. The molecule has 160 valence electrons. The summed E-state index contributed by atoms with van der Waals surface area (Å²) in [6, 6.07) is 5.19. The van der Waals surface area contributed by atoms with Gasteiger partial charge in [0.1, 0.15) is 16.8 Å². The molecule has 30 heavy (non-hydrogen) atoms. The number of pyridine rings is 2. The van der Waals surface area contributed by atoms with Gasteiger partial charge in [0, 0.05) is 33.0 Å². The number of ether oxygens (including phenoxy) is 1. The van der Waals surface area contributed by atoms with Gasteiger partial charge in [0.15, 0.2) is 0 Å². The van der Waals surface area contributed by atoms with Crippen molar-refractivity contribution in [3.05, 3.63) is 51.4 Å². The van der Waals surface area contributed by atoms with E-state index >= 15 is 0 Å². The Morgan fingerprint density at radius 3 is 2.80 bits per heavy atom. The van der Waals surface area contributed by atoms with Crippen molar-refractivity contribution in [3.8, 4) is 0 Å². The van der Waals surface area contributed by atoms with Crippen LogP contribution in [0.15, 0.2) is 29.2 Å². The predicted octanol–water partition coefficient (Wildman–Crippen LogP) is 2.39. The van der Waals surface area contributed by atoms with Crippen molar-refractivity contribution < 1.29 is 9.53 Å². The third kappa shape index (κ3) is 4.28. The molecule has 3 aromatic rings. The van der Waals surface area contributed by atoms with E-state index in [1.165, 1.54) is 10.5 Å². The number of hydrogen-bond acceptors (Lipinski definition) is 5. The summed E-state index contributed by atoms with van der Waals surface area (Å²) in [7, 11) is 1.62. The monoisotopic (exact) mass is 411 g/mol. The minimum atomic E-state index is -0.341. The second-order valence-corrected chi connectivity index (χ2v) is 7.41. The number of carbonyl (C=O) groups is 1. The first kappa shape index (κ1) is 21.7. The molecular weight excluding hydrogens is 382 g/mol. The molecule has 1 amide bonds. The number of hydrogen-bond donors (Lipinski definition) is 2. The summed E-state index contributed by atoms with van der Waals surface area (Å²) >= 11 is 0. The molecule has 0 bridgehead atoms. The summed E-state index contributed by atoms with van der Waals surface area (Å²) in [5, 5.41) is 11.9. The fraction of sp³-hybridized carbons (Fsp3) is 0.455. The van der Waals surface area contributed by atoms with Crippen molar-refractivity contribution in [3.63, 3.8) is 0 Å². The smallest absolute Gasteiger partial charge is 0.267 e. The van der Waals surface area contributed by atoms with Gasteiger partial charge in [0.2, 0.25) is 0 Å². The zero-order valence-corrected chi connectivity index (χ0v) is 17.8. The van der Waals surface area contributed by atoms with E-state index < -0.39 is 0 Å². The summed E-state index contributed by atoms with van der Waals surface area (Å²) in [6.45, 7) is 5.47. The second-order valence-electron chi connectivity index (χ2n) is 7.41. The van der Waals surface area contributed by atoms with E-state index in [1.54, 1.807) is 23.9 Å². The third-order valence-electron chi connectivity index (χ3n) is 5.17. The summed E-state index contributed by atoms with van der Waals surface area (Å²) in [4.78, 5) is 30.7. The Morgan fingerprint density at radius 1 is 1.27 bits per heavy atom. The van der Waals surface area contributed by atoms with Gasteiger partial charge in [0.05, 0.1) is 10.9 Å². The van der Waals surface area contributed by atoms with Gasteiger partial charge in [-0.3, -0.25) is 19.4 Å². The van der Waals surface area contributed by atoms with E-state index in [0.717, 1.165) is 24.8 Å². The van der Waals surface area contributed by atoms with Gasteiger partial charge in [-0.05, 0) is 37.5 Å². The molecule has 3 rings (SSSR count). The number of aryl methyl sites for hydroxylation is 2. The third-order valence-corrected chi connectivity index (χ3v) is 5.17. The second kappa shape index (κ2) is 9.67. The first-order chi connectivity index (χ1) is 14.5. The molecule has 0 saturated carbocycles. The summed E-state index contributed by atoms with van der Waals surface area (Å²) in [5.41, 5.74) is 1.81. The topological polar surface area (TPSA) is 101 Å². The van der Waals surface area contributed by atoms with Crippen LogP contribution in [0.2, 0.25) is 0 Å². The quantitative estimate of drug-likeness (QED) is 0.417. The number of methoxy groups -OCH3 is 1. The molecule has 0 atom stereocenters. The SMILES string of the molecule is CCCCCNC(=O)c1cc2c(=O)n3cccc(C)c3nc2n(CCCOC)c1=N. The van der Waals surface area contributed by atoms with Gasteiger partial charge in [0.25, 0.3) is 11.5 Å². The Labute approximate surface area is 175 Å². The zero-order chi connectivity index (χ0) is 21.7. The van der Waals surface area contributed by atoms with Crippen LogP contribution < -0.4 is 16.4 Å². The highest BCUT2D eigenvalue weighted by atomic mass is 16.5. The van der Waals surface area contributed by atoms with Crippen LogP contribution in [0.25, 0.3) is 16.7 Å². The molecule has 0 saturated heterocycles. The van der Waals surface area contributed by atoms with E-state index in [0.29, 0.717) is 42.8 Å². The lowest BCUT2D eigenvalue weighted by Crippen LogP contribution is -2.35. The highest BCUT2D eigenvalue weighted by molar-refractivity contribution is 5.96. The van der Waals surface area contributed by atoms with Gasteiger partial charge in [-0.1, -0.05) is 25.8 Å². The summed E-state index contributed by atoms with van der Waals surface area (Å²) < 4.78 is 8.27. The first-order valence-electron chi connectivity index (χ1n) is 10.4. The number of fused-ring (bicyclic) bond motifs is 2. The minimum Gasteiger partial charge on any atom is -0.385 e. The molecule has 3 aromatic heterocycles. The molecule has 2 N–H and O–H groups in total. The van der Waals surface area contributed by atoms with Crippen LogP contribution in [-0.2, 0) is 11.3 Å². The summed E-state index contributed by atoms with van der Waals surface area (Å²) in [6.07, 6.45) is 5.28. The molecule has 0 unspecified atom stereocenters. The van der Waals surface area contributed by atoms with Crippen LogP contribution in [0.5, 0.6) is 0 Å². The fourth-order valence-corrected chi connectivity index (χ4v) is 3.53. The maximum Gasteiger partial charge on any atom is 0.267 e. The van der Waals surface area contributed by atoms with Crippen LogP contribution in [-0.4, -0.2) is 40.1 Å². The molecule has 0 aliphatic heterocycles. The molecule has 0 aliphatic carbocycles. The van der Waals surface area contributed by atoms with E-state index in [4.69, 9.17) is 15.1 Å². The Morgan fingerprint density at radius 2 is 2.07 bits per heavy atom. The van der Waals surface area contributed by atoms with Gasteiger partial charge < -0.3 is 14.6 Å². The number of amides is 1. The number of nitrogens with one attached hydrogen (secondary N) is 2. The maximum absolute atomic E-state index is 13.2. The average Bonchev–Trinajstić information content (AvgIpc) is 2.73. The summed E-state index contributed by atoms with van der Waals surface area (Å²) in [5.74, 6) is -0.341. The minimum absolute atomic E-state index is 0.0522. The predicted molar refractivity (Wildman–Crippen MR) is 116 cm³/mol. The van der Waals surface area contributed by atoms with E-state index in [9.17, 15) is 9.59 Å². The molecule has 0 radical (unpaired) electrons. The van der Waals surface area contributed by atoms with Crippen molar-refractivity contribution in [2.45, 2.75) is 46.1 Å². The molecule has 0 fully saturated rings. The molecule has 8 nitrogen and oxygen atoms in total. The maximum atomic E-state index is 13.2. The normalized spacial score (nSPS) is 11.3. The van der Waals surface area contributed by atoms with Gasteiger partial charge in [-0.25, -0.2) is 4.98 Å². The lowest BCUT2D eigenvalue weighted by molar-refractivity contribution is 0.0950. The Hall–Kier alpha value is -3.00. The van der Waals surface area contributed by atoms with Crippen molar-refractivity contribution in [1.29, 1.82) is 5.41 Å². The molecule has 3 heterocycles. The van der Waals surface area contributed by atoms with E-state index in [-0.39, 0.29) is 22.5 Å². The number of nitrogens with zero attached hydrogens (tertiary/aromatic N) is 3. The molecule has 0 spiro atoms. The Bertz CT molecular complexity index is 1180. The van der Waals surface area contributed by atoms with Crippen LogP contribution in [0, 0.1) is 12.3 Å². The van der Waals surface area contributed by atoms with Crippen LogP contribution in [0.4, 0.5) is 0 Å². The number of unbranched alkanes of at least 4 members (excludes halogenated alkanes) is 2. The standard InChI is InChI=1S/C22H29N5O3/c1-4-5-6-10-24-21(28)16-14-17-20(26(18(16)23)12-8-13-30-3)25-19-15(2)9-7-11-27(19)22(17)29/h7,9,11,14,23H,4-6,8,10,12-13H2,1-3H3,(H,24,28). The van der Waals surface area contributed by atoms with Crippen LogP contribution in [0.3, 0.4) is 0 Å². The first-order valence-corrected chi connectivity index (χ1v) is 10.4. The highest BCUT2D eigenvalue weighted by Gasteiger charge is 2.17. The number of aromatic nitrogens is 3. The van der Waals surface area contributed by atoms with E-state index in [1.807, 2.05) is 13.0 Å². The lowest BCUT2D eigenvalue weighted by atomic mass is 10.1. The van der Waals surface area contributed by atoms with Gasteiger partial charge >= 0.3 is 0 Å². The van der Waals surface area contributed by atoms with Gasteiger partial charge in [-0.2, -0.15) is 0 Å². The van der Waals surface area contributed by atoms with Crippen molar-refractivity contribution in [2.75, 3.05) is 20.3 Å². The molecule has 8 heteroatoms. The number of rotatable bonds is 9. The Kier molecular flexibility index (Phi) is 6.99. The highest BCUT2D eigenvalue weighted by Crippen LogP contribution is 2.13. The molecular formula is C22H29N5O3. The fourth-order valence-electron chi connectivity index (χ4n) is 3.53. The average molecular weight is 412 g/mol. The van der Waals surface area contributed by atoms with E-state index in [2.05, 4.69) is 12.2 Å². The number of carbonyl (C=O) groups excluding carboxylic acids is 1.